The predicted molar refractivity (Wildman–Crippen MR) is 92.8 cm³/mol. The van der Waals surface area contributed by atoms with E-state index in [9.17, 15) is 4.79 Å². The number of amides is 1. The predicted octanol–water partition coefficient (Wildman–Crippen LogP) is 2.47. The van der Waals surface area contributed by atoms with Gasteiger partial charge in [-0.25, -0.2) is 9.97 Å². The Bertz CT molecular complexity index is 641. The Morgan fingerprint density at radius 1 is 1.39 bits per heavy atom. The summed E-state index contributed by atoms with van der Waals surface area (Å²) in [6.45, 7) is 5.59. The summed E-state index contributed by atoms with van der Waals surface area (Å²) >= 11 is 3.03. The molecule has 0 saturated carbocycles. The zero-order chi connectivity index (χ0) is 16.8. The van der Waals surface area contributed by atoms with Gasteiger partial charge in [-0.3, -0.25) is 4.79 Å². The van der Waals surface area contributed by atoms with Crippen molar-refractivity contribution in [1.29, 1.82) is 0 Å². The largest absolute Gasteiger partial charge is 0.372 e. The SMILES string of the molecule is CCOC(C)c1nc(CN(C)C(=O)c2csc(CCN)n2)cs1. The number of carbonyl (C=O) groups excluding carboxylic acids is 1. The molecule has 2 rings (SSSR count). The van der Waals surface area contributed by atoms with E-state index in [-0.39, 0.29) is 12.0 Å². The summed E-state index contributed by atoms with van der Waals surface area (Å²) in [7, 11) is 1.76. The maximum atomic E-state index is 12.4. The van der Waals surface area contributed by atoms with Gasteiger partial charge in [0.05, 0.1) is 17.2 Å². The molecule has 2 N–H and O–H groups in total. The van der Waals surface area contributed by atoms with Crippen molar-refractivity contribution in [3.63, 3.8) is 0 Å². The first-order valence-corrected chi connectivity index (χ1v) is 9.26. The van der Waals surface area contributed by atoms with Crippen molar-refractivity contribution >= 4 is 28.6 Å². The quantitative estimate of drug-likeness (QED) is 0.787. The fourth-order valence-electron chi connectivity index (χ4n) is 2.06. The van der Waals surface area contributed by atoms with Gasteiger partial charge in [-0.05, 0) is 20.4 Å². The number of nitrogens with zero attached hydrogens (tertiary/aromatic N) is 3. The van der Waals surface area contributed by atoms with Crippen molar-refractivity contribution in [3.8, 4) is 0 Å². The Morgan fingerprint density at radius 3 is 2.87 bits per heavy atom. The van der Waals surface area contributed by atoms with E-state index < -0.39 is 0 Å². The van der Waals surface area contributed by atoms with Crippen LogP contribution < -0.4 is 5.73 Å². The number of hydrogen-bond donors (Lipinski definition) is 1. The average Bonchev–Trinajstić information content (AvgIpc) is 3.16. The van der Waals surface area contributed by atoms with Crippen LogP contribution in [0, 0.1) is 0 Å². The number of thiazole rings is 2. The minimum absolute atomic E-state index is 0.0166. The summed E-state index contributed by atoms with van der Waals surface area (Å²) in [4.78, 5) is 22.9. The number of nitrogens with two attached hydrogens (primary N) is 1. The second kappa shape index (κ2) is 8.49. The zero-order valence-electron chi connectivity index (χ0n) is 13.6. The monoisotopic (exact) mass is 354 g/mol. The molecular weight excluding hydrogens is 332 g/mol. The first kappa shape index (κ1) is 18.0. The van der Waals surface area contributed by atoms with Crippen LogP contribution in [-0.2, 0) is 17.7 Å². The third-order valence-electron chi connectivity index (χ3n) is 3.21. The molecule has 0 bridgehead atoms. The molecule has 0 saturated heterocycles. The molecular formula is C15H22N4O2S2. The normalized spacial score (nSPS) is 12.3. The summed E-state index contributed by atoms with van der Waals surface area (Å²) in [6, 6.07) is 0. The van der Waals surface area contributed by atoms with Crippen LogP contribution >= 0.6 is 22.7 Å². The number of hydrogen-bond acceptors (Lipinski definition) is 7. The molecule has 2 aromatic heterocycles. The molecule has 0 aromatic carbocycles. The van der Waals surface area contributed by atoms with Gasteiger partial charge in [0, 0.05) is 30.8 Å². The van der Waals surface area contributed by atoms with E-state index >= 15 is 0 Å². The highest BCUT2D eigenvalue weighted by atomic mass is 32.1. The molecule has 23 heavy (non-hydrogen) atoms. The molecule has 1 atom stereocenters. The standard InChI is InChI=1S/C15H22N4O2S2/c1-4-21-10(2)14-17-11(8-23-14)7-19(3)15(20)12-9-22-13(18-12)5-6-16/h8-10H,4-7,16H2,1-3H3. The highest BCUT2D eigenvalue weighted by molar-refractivity contribution is 7.10. The van der Waals surface area contributed by atoms with Crippen LogP contribution in [0.2, 0.25) is 0 Å². The van der Waals surface area contributed by atoms with E-state index in [1.165, 1.54) is 11.3 Å². The topological polar surface area (TPSA) is 81.3 Å². The van der Waals surface area contributed by atoms with E-state index in [0.29, 0.717) is 31.8 Å². The van der Waals surface area contributed by atoms with Gasteiger partial charge in [0.25, 0.3) is 5.91 Å². The van der Waals surface area contributed by atoms with E-state index in [2.05, 4.69) is 9.97 Å². The molecule has 8 heteroatoms. The van der Waals surface area contributed by atoms with E-state index in [1.807, 2.05) is 19.2 Å². The lowest BCUT2D eigenvalue weighted by molar-refractivity contribution is 0.0755. The maximum Gasteiger partial charge on any atom is 0.273 e. The Labute approximate surface area is 144 Å². The summed E-state index contributed by atoms with van der Waals surface area (Å²) in [5.41, 5.74) is 6.85. The molecule has 2 heterocycles. The first-order valence-electron chi connectivity index (χ1n) is 7.51. The van der Waals surface area contributed by atoms with Crippen LogP contribution in [0.25, 0.3) is 0 Å². The number of aromatic nitrogens is 2. The Hall–Kier alpha value is -1.35. The van der Waals surface area contributed by atoms with Crippen LogP contribution in [0.3, 0.4) is 0 Å². The van der Waals surface area contributed by atoms with Gasteiger partial charge < -0.3 is 15.4 Å². The van der Waals surface area contributed by atoms with Crippen LogP contribution in [0.15, 0.2) is 10.8 Å². The molecule has 126 valence electrons. The smallest absolute Gasteiger partial charge is 0.273 e. The minimum Gasteiger partial charge on any atom is -0.372 e. The van der Waals surface area contributed by atoms with E-state index in [0.717, 1.165) is 15.7 Å². The third kappa shape index (κ3) is 4.81. The number of ether oxygens (including phenoxy) is 1. The molecule has 2 aromatic rings. The summed E-state index contributed by atoms with van der Waals surface area (Å²) in [6.07, 6.45) is 0.684. The second-order valence-electron chi connectivity index (χ2n) is 5.10. The van der Waals surface area contributed by atoms with Crippen molar-refractivity contribution in [2.75, 3.05) is 20.2 Å². The lowest BCUT2D eigenvalue weighted by Gasteiger charge is -2.14. The van der Waals surface area contributed by atoms with Crippen molar-refractivity contribution in [1.82, 2.24) is 14.9 Å². The Balaban J connectivity index is 1.97. The average molecular weight is 355 g/mol. The Morgan fingerprint density at radius 2 is 2.17 bits per heavy atom. The summed E-state index contributed by atoms with van der Waals surface area (Å²) in [5, 5.41) is 5.58. The fourth-order valence-corrected chi connectivity index (χ4v) is 3.66. The highest BCUT2D eigenvalue weighted by Gasteiger charge is 2.17. The van der Waals surface area contributed by atoms with Gasteiger partial charge in [0.1, 0.15) is 16.8 Å². The summed E-state index contributed by atoms with van der Waals surface area (Å²) in [5.74, 6) is -0.100. The molecule has 6 nitrogen and oxygen atoms in total. The van der Waals surface area contributed by atoms with Crippen LogP contribution in [0.1, 0.15) is 46.1 Å². The van der Waals surface area contributed by atoms with Crippen molar-refractivity contribution < 1.29 is 9.53 Å². The van der Waals surface area contributed by atoms with Crippen molar-refractivity contribution in [2.45, 2.75) is 32.9 Å². The van der Waals surface area contributed by atoms with Crippen molar-refractivity contribution in [2.24, 2.45) is 5.73 Å². The molecule has 0 spiro atoms. The van der Waals surface area contributed by atoms with E-state index in [4.69, 9.17) is 10.5 Å². The lowest BCUT2D eigenvalue weighted by Crippen LogP contribution is -2.26. The van der Waals surface area contributed by atoms with Gasteiger partial charge in [0.2, 0.25) is 0 Å². The van der Waals surface area contributed by atoms with Gasteiger partial charge >= 0.3 is 0 Å². The van der Waals surface area contributed by atoms with Gasteiger partial charge in [-0.2, -0.15) is 0 Å². The molecule has 0 aliphatic carbocycles. The molecule has 0 fully saturated rings. The van der Waals surface area contributed by atoms with Crippen molar-refractivity contribution in [3.05, 3.63) is 32.2 Å². The van der Waals surface area contributed by atoms with Crippen LogP contribution in [0.4, 0.5) is 0 Å². The highest BCUT2D eigenvalue weighted by Crippen LogP contribution is 2.22. The Kier molecular flexibility index (Phi) is 6.64. The van der Waals surface area contributed by atoms with Gasteiger partial charge in [0.15, 0.2) is 0 Å². The minimum atomic E-state index is -0.100. The molecule has 1 unspecified atom stereocenters. The number of carbonyl (C=O) groups is 1. The first-order chi connectivity index (χ1) is 11.0. The molecule has 0 aliphatic heterocycles. The lowest BCUT2D eigenvalue weighted by atomic mass is 10.3. The molecule has 0 radical (unpaired) electrons. The third-order valence-corrected chi connectivity index (χ3v) is 5.17. The van der Waals surface area contributed by atoms with Gasteiger partial charge in [-0.15, -0.1) is 22.7 Å². The molecule has 0 aliphatic rings. The molecule has 1 amide bonds. The number of rotatable bonds is 8. The summed E-state index contributed by atoms with van der Waals surface area (Å²) < 4.78 is 5.54. The maximum absolute atomic E-state index is 12.4. The fraction of sp³-hybridized carbons (Fsp3) is 0.533. The van der Waals surface area contributed by atoms with E-state index in [1.54, 1.807) is 28.7 Å². The second-order valence-corrected chi connectivity index (χ2v) is 6.93. The van der Waals surface area contributed by atoms with Crippen LogP contribution in [-0.4, -0.2) is 41.0 Å². The van der Waals surface area contributed by atoms with Gasteiger partial charge in [-0.1, -0.05) is 0 Å². The van der Waals surface area contributed by atoms with Crippen LogP contribution in [0.5, 0.6) is 0 Å². The zero-order valence-corrected chi connectivity index (χ0v) is 15.2.